The lowest BCUT2D eigenvalue weighted by molar-refractivity contribution is -0.121. The first-order valence-corrected chi connectivity index (χ1v) is 7.98. The Labute approximate surface area is 140 Å². The van der Waals surface area contributed by atoms with Gasteiger partial charge in [-0.05, 0) is 36.1 Å². The smallest absolute Gasteiger partial charge is 0.338 e. The van der Waals surface area contributed by atoms with Crippen molar-refractivity contribution >= 4 is 11.9 Å². The zero-order valence-corrected chi connectivity index (χ0v) is 13.3. The first-order chi connectivity index (χ1) is 11.6. The third-order valence-corrected chi connectivity index (χ3v) is 4.22. The maximum Gasteiger partial charge on any atom is 0.338 e. The van der Waals surface area contributed by atoms with Crippen LogP contribution in [-0.2, 0) is 22.4 Å². The number of amides is 1. The Kier molecular flexibility index (Phi) is 4.91. The van der Waals surface area contributed by atoms with Crippen LogP contribution in [0, 0.1) is 0 Å². The van der Waals surface area contributed by atoms with Gasteiger partial charge < -0.3 is 10.5 Å². The molecule has 0 bridgehead atoms. The minimum absolute atomic E-state index is 0.0735. The molecule has 0 heterocycles. The molecule has 5 heteroatoms. The van der Waals surface area contributed by atoms with Crippen molar-refractivity contribution in [3.05, 3.63) is 71.3 Å². The zero-order valence-electron chi connectivity index (χ0n) is 13.3. The van der Waals surface area contributed by atoms with Gasteiger partial charge in [0, 0.05) is 6.04 Å². The third kappa shape index (κ3) is 3.81. The van der Waals surface area contributed by atoms with Crippen LogP contribution in [0.3, 0.4) is 0 Å². The van der Waals surface area contributed by atoms with Gasteiger partial charge in [-0.1, -0.05) is 42.5 Å². The Balaban J connectivity index is 1.56. The fourth-order valence-electron chi connectivity index (χ4n) is 2.99. The van der Waals surface area contributed by atoms with Crippen LogP contribution in [0.4, 0.5) is 0 Å². The molecule has 5 nitrogen and oxygen atoms in total. The van der Waals surface area contributed by atoms with E-state index in [-0.39, 0.29) is 12.6 Å². The fourth-order valence-corrected chi connectivity index (χ4v) is 2.99. The quantitative estimate of drug-likeness (QED) is 0.788. The van der Waals surface area contributed by atoms with Crippen LogP contribution in [-0.4, -0.2) is 30.6 Å². The maximum atomic E-state index is 12.0. The van der Waals surface area contributed by atoms with Crippen molar-refractivity contribution in [2.45, 2.75) is 24.9 Å². The molecule has 1 aliphatic rings. The van der Waals surface area contributed by atoms with E-state index in [1.807, 2.05) is 18.2 Å². The average molecular weight is 324 g/mol. The number of nitrogens with two attached hydrogens (primary N) is 1. The summed E-state index contributed by atoms with van der Waals surface area (Å²) in [6.07, 6.45) is 1.68. The predicted molar refractivity (Wildman–Crippen MR) is 90.5 cm³/mol. The van der Waals surface area contributed by atoms with Crippen molar-refractivity contribution in [1.82, 2.24) is 5.32 Å². The molecule has 2 aromatic carbocycles. The molecule has 1 aliphatic carbocycles. The van der Waals surface area contributed by atoms with Crippen molar-refractivity contribution in [2.24, 2.45) is 5.73 Å². The molecule has 0 aliphatic heterocycles. The molecular weight excluding hydrogens is 304 g/mol. The lowest BCUT2D eigenvalue weighted by atomic mass is 10.1. The summed E-state index contributed by atoms with van der Waals surface area (Å²) < 4.78 is 5.24. The van der Waals surface area contributed by atoms with Gasteiger partial charge in [0.2, 0.25) is 5.91 Å². The van der Waals surface area contributed by atoms with Crippen LogP contribution in [0.15, 0.2) is 54.6 Å². The minimum atomic E-state index is -0.697. The second kappa shape index (κ2) is 7.27. The fraction of sp³-hybridized carbons (Fsp3) is 0.263. The summed E-state index contributed by atoms with van der Waals surface area (Å²) in [5.74, 6) is -0.981. The topological polar surface area (TPSA) is 81.4 Å². The summed E-state index contributed by atoms with van der Waals surface area (Å²) in [5.41, 5.74) is 8.46. The maximum absolute atomic E-state index is 12.0. The Morgan fingerprint density at radius 3 is 2.21 bits per heavy atom. The second-order valence-corrected chi connectivity index (χ2v) is 5.96. The highest BCUT2D eigenvalue weighted by Crippen LogP contribution is 2.21. The zero-order chi connectivity index (χ0) is 16.9. The molecule has 0 saturated carbocycles. The summed E-state index contributed by atoms with van der Waals surface area (Å²) in [4.78, 5) is 23.7. The van der Waals surface area contributed by atoms with E-state index in [1.165, 1.54) is 11.1 Å². The Morgan fingerprint density at radius 2 is 1.62 bits per heavy atom. The Morgan fingerprint density at radius 1 is 1.04 bits per heavy atom. The molecule has 124 valence electrons. The first-order valence-electron chi connectivity index (χ1n) is 7.98. The molecule has 3 rings (SSSR count). The normalized spacial score (nSPS) is 14.8. The standard InChI is InChI=1S/C19H20N2O3/c20-18(22)17(12-24-19(23)13-6-2-1-3-7-13)21-16-10-14-8-4-5-9-15(14)11-16/h1-9,16-17,21H,10-12H2,(H2,20,22). The number of hydrogen-bond acceptors (Lipinski definition) is 4. The molecular formula is C19H20N2O3. The molecule has 2 aromatic rings. The van der Waals surface area contributed by atoms with Gasteiger partial charge in [-0.25, -0.2) is 4.79 Å². The molecule has 1 atom stereocenters. The summed E-state index contributed by atoms with van der Waals surface area (Å²) in [7, 11) is 0. The lowest BCUT2D eigenvalue weighted by Crippen LogP contribution is -2.49. The van der Waals surface area contributed by atoms with Crippen LogP contribution < -0.4 is 11.1 Å². The van der Waals surface area contributed by atoms with Gasteiger partial charge >= 0.3 is 5.97 Å². The second-order valence-electron chi connectivity index (χ2n) is 5.96. The van der Waals surface area contributed by atoms with Gasteiger partial charge in [0.05, 0.1) is 5.56 Å². The van der Waals surface area contributed by atoms with E-state index in [0.717, 1.165) is 12.8 Å². The van der Waals surface area contributed by atoms with Crippen LogP contribution >= 0.6 is 0 Å². The summed E-state index contributed by atoms with van der Waals surface area (Å²) in [6, 6.07) is 16.3. The Hall–Kier alpha value is -2.66. The number of nitrogens with one attached hydrogen (secondary N) is 1. The van der Waals surface area contributed by atoms with E-state index >= 15 is 0 Å². The molecule has 3 N–H and O–H groups in total. The molecule has 0 spiro atoms. The lowest BCUT2D eigenvalue weighted by Gasteiger charge is -2.20. The van der Waals surface area contributed by atoms with Crippen molar-refractivity contribution in [1.29, 1.82) is 0 Å². The molecule has 0 saturated heterocycles. The summed E-state index contributed by atoms with van der Waals surface area (Å²) in [6.45, 7) is -0.0735. The largest absolute Gasteiger partial charge is 0.460 e. The molecule has 0 fully saturated rings. The number of rotatable bonds is 6. The highest BCUT2D eigenvalue weighted by molar-refractivity contribution is 5.89. The van der Waals surface area contributed by atoms with Crippen LogP contribution in [0.2, 0.25) is 0 Å². The molecule has 24 heavy (non-hydrogen) atoms. The number of fused-ring (bicyclic) bond motifs is 1. The van der Waals surface area contributed by atoms with Gasteiger partial charge in [-0.2, -0.15) is 0 Å². The van der Waals surface area contributed by atoms with Crippen LogP contribution in [0.5, 0.6) is 0 Å². The van der Waals surface area contributed by atoms with Gasteiger partial charge in [-0.15, -0.1) is 0 Å². The Bertz CT molecular complexity index is 705. The SMILES string of the molecule is NC(=O)C(COC(=O)c1ccccc1)NC1Cc2ccccc2C1. The number of hydrogen-bond donors (Lipinski definition) is 2. The third-order valence-electron chi connectivity index (χ3n) is 4.22. The molecule has 1 amide bonds. The van der Waals surface area contributed by atoms with Crippen molar-refractivity contribution in [3.8, 4) is 0 Å². The molecule has 0 aromatic heterocycles. The van der Waals surface area contributed by atoms with Crippen molar-refractivity contribution in [3.63, 3.8) is 0 Å². The first kappa shape index (κ1) is 16.2. The summed E-state index contributed by atoms with van der Waals surface area (Å²) in [5, 5.41) is 3.22. The van der Waals surface area contributed by atoms with E-state index in [2.05, 4.69) is 17.4 Å². The van der Waals surface area contributed by atoms with Crippen molar-refractivity contribution in [2.75, 3.05) is 6.61 Å². The van der Waals surface area contributed by atoms with E-state index < -0.39 is 17.9 Å². The van der Waals surface area contributed by atoms with Gasteiger partial charge in [0.1, 0.15) is 12.6 Å². The minimum Gasteiger partial charge on any atom is -0.460 e. The monoisotopic (exact) mass is 324 g/mol. The number of carbonyl (C=O) groups is 2. The number of carbonyl (C=O) groups excluding carboxylic acids is 2. The van der Waals surface area contributed by atoms with E-state index in [9.17, 15) is 9.59 Å². The van der Waals surface area contributed by atoms with Gasteiger partial charge in [-0.3, -0.25) is 10.1 Å². The summed E-state index contributed by atoms with van der Waals surface area (Å²) >= 11 is 0. The number of esters is 1. The average Bonchev–Trinajstić information content (AvgIpc) is 3.01. The number of ether oxygens (including phenoxy) is 1. The number of primary amides is 1. The van der Waals surface area contributed by atoms with Gasteiger partial charge in [0.25, 0.3) is 0 Å². The van der Waals surface area contributed by atoms with E-state index in [4.69, 9.17) is 10.5 Å². The van der Waals surface area contributed by atoms with Crippen LogP contribution in [0.25, 0.3) is 0 Å². The highest BCUT2D eigenvalue weighted by Gasteiger charge is 2.26. The van der Waals surface area contributed by atoms with Gasteiger partial charge in [0.15, 0.2) is 0 Å². The van der Waals surface area contributed by atoms with Crippen LogP contribution in [0.1, 0.15) is 21.5 Å². The molecule has 1 unspecified atom stereocenters. The van der Waals surface area contributed by atoms with E-state index in [0.29, 0.717) is 5.56 Å². The van der Waals surface area contributed by atoms with Crippen molar-refractivity contribution < 1.29 is 14.3 Å². The highest BCUT2D eigenvalue weighted by atomic mass is 16.5. The number of benzene rings is 2. The predicted octanol–water partition coefficient (Wildman–Crippen LogP) is 1.45. The van der Waals surface area contributed by atoms with E-state index in [1.54, 1.807) is 24.3 Å². The molecule has 0 radical (unpaired) electrons.